The number of para-hydroxylation sites is 2. The Morgan fingerprint density at radius 2 is 1.82 bits per heavy atom. The first-order valence-corrected chi connectivity index (χ1v) is 9.60. The summed E-state index contributed by atoms with van der Waals surface area (Å²) >= 11 is 0. The lowest BCUT2D eigenvalue weighted by atomic mass is 9.73. The summed E-state index contributed by atoms with van der Waals surface area (Å²) in [5, 5.41) is 12.4. The number of carbonyl (C=O) groups excluding carboxylic acids is 1. The molecule has 3 N–H and O–H groups in total. The highest BCUT2D eigenvalue weighted by atomic mass is 32.2. The molecular weight excluding hydrogens is 382 g/mol. The van der Waals surface area contributed by atoms with Gasteiger partial charge in [0.2, 0.25) is 11.8 Å². The summed E-state index contributed by atoms with van der Waals surface area (Å²) in [6.45, 7) is 0. The molecule has 0 radical (unpaired) electrons. The van der Waals surface area contributed by atoms with Gasteiger partial charge < -0.3 is 20.0 Å². The van der Waals surface area contributed by atoms with E-state index in [-0.39, 0.29) is 23.0 Å². The van der Waals surface area contributed by atoms with Crippen LogP contribution in [0.1, 0.15) is 11.1 Å². The SMILES string of the molecule is N#CC1=C(N)OC2=C(C13C(=O)Nc1ccccc13)S(=O)(=O)Oc1ccccc12. The Balaban J connectivity index is 1.98. The van der Waals surface area contributed by atoms with Crippen molar-refractivity contribution >= 4 is 27.5 Å². The molecule has 1 amide bonds. The molecule has 0 saturated heterocycles. The van der Waals surface area contributed by atoms with Gasteiger partial charge in [-0.3, -0.25) is 4.79 Å². The van der Waals surface area contributed by atoms with Crippen LogP contribution in [0.3, 0.4) is 0 Å². The van der Waals surface area contributed by atoms with Crippen LogP contribution in [-0.4, -0.2) is 14.3 Å². The average Bonchev–Trinajstić information content (AvgIpc) is 2.94. The van der Waals surface area contributed by atoms with E-state index in [9.17, 15) is 18.5 Å². The van der Waals surface area contributed by atoms with Gasteiger partial charge in [-0.25, -0.2) is 0 Å². The maximum Gasteiger partial charge on any atom is 0.340 e. The zero-order valence-electron chi connectivity index (χ0n) is 14.1. The molecular formula is C19H11N3O5S. The van der Waals surface area contributed by atoms with Crippen molar-refractivity contribution in [3.05, 3.63) is 76.0 Å². The van der Waals surface area contributed by atoms with Gasteiger partial charge in [0.25, 0.3) is 0 Å². The summed E-state index contributed by atoms with van der Waals surface area (Å²) < 4.78 is 37.1. The minimum Gasteiger partial charge on any atom is -0.438 e. The van der Waals surface area contributed by atoms with Gasteiger partial charge in [0.15, 0.2) is 21.8 Å². The van der Waals surface area contributed by atoms with Gasteiger partial charge in [-0.05, 0) is 18.2 Å². The molecule has 0 aromatic heterocycles. The molecule has 138 valence electrons. The smallest absolute Gasteiger partial charge is 0.340 e. The first kappa shape index (κ1) is 16.4. The predicted octanol–water partition coefficient (Wildman–Crippen LogP) is 1.69. The molecule has 3 aliphatic heterocycles. The van der Waals surface area contributed by atoms with E-state index < -0.39 is 26.3 Å². The summed E-state index contributed by atoms with van der Waals surface area (Å²) in [5.41, 5.74) is 4.71. The van der Waals surface area contributed by atoms with E-state index in [2.05, 4.69) is 5.32 Å². The molecule has 0 fully saturated rings. The van der Waals surface area contributed by atoms with Crippen LogP contribution in [0.4, 0.5) is 5.69 Å². The molecule has 1 spiro atoms. The van der Waals surface area contributed by atoms with Crippen LogP contribution in [0.15, 0.2) is 64.9 Å². The minimum atomic E-state index is -4.48. The Hall–Kier alpha value is -3.77. The van der Waals surface area contributed by atoms with Gasteiger partial charge in [-0.1, -0.05) is 30.3 Å². The van der Waals surface area contributed by atoms with E-state index in [0.29, 0.717) is 16.8 Å². The Morgan fingerprint density at radius 3 is 2.61 bits per heavy atom. The third kappa shape index (κ3) is 1.77. The number of nitrogens with one attached hydrogen (secondary N) is 1. The number of hydrogen-bond acceptors (Lipinski definition) is 7. The van der Waals surface area contributed by atoms with E-state index in [1.54, 1.807) is 42.5 Å². The monoisotopic (exact) mass is 393 g/mol. The van der Waals surface area contributed by atoms with Crippen LogP contribution in [0.25, 0.3) is 5.76 Å². The number of nitriles is 1. The molecule has 0 bridgehead atoms. The second kappa shape index (κ2) is 5.15. The van der Waals surface area contributed by atoms with Gasteiger partial charge in [0, 0.05) is 11.3 Å². The number of nitrogens with zero attached hydrogens (tertiary/aromatic N) is 1. The number of fused-ring (bicyclic) bond motifs is 5. The summed E-state index contributed by atoms with van der Waals surface area (Å²) in [7, 11) is -4.48. The standard InChI is InChI=1S/C19H11N3O5S/c20-9-12-17(21)26-15-10-5-1-4-8-14(10)27-28(24,25)16(15)19(12)11-6-2-3-7-13(11)22-18(19)23/h1-8H,21H2,(H,22,23). The van der Waals surface area contributed by atoms with E-state index in [4.69, 9.17) is 14.7 Å². The number of nitrogens with two attached hydrogens (primary N) is 1. The molecule has 1 atom stereocenters. The Labute approximate surface area is 159 Å². The quantitative estimate of drug-likeness (QED) is 0.651. The number of carbonyl (C=O) groups is 1. The van der Waals surface area contributed by atoms with Crippen molar-refractivity contribution < 1.29 is 22.1 Å². The second-order valence-electron chi connectivity index (χ2n) is 6.39. The fraction of sp³-hybridized carbons (Fsp3) is 0.0526. The number of benzene rings is 2. The highest BCUT2D eigenvalue weighted by Crippen LogP contribution is 2.57. The fourth-order valence-corrected chi connectivity index (χ4v) is 5.43. The van der Waals surface area contributed by atoms with Crippen molar-refractivity contribution in [1.29, 1.82) is 5.26 Å². The van der Waals surface area contributed by atoms with Crippen molar-refractivity contribution in [2.45, 2.75) is 5.41 Å². The summed E-state index contributed by atoms with van der Waals surface area (Å²) in [5.74, 6) is -1.11. The molecule has 2 aromatic carbocycles. The van der Waals surface area contributed by atoms with Crippen LogP contribution >= 0.6 is 0 Å². The molecule has 0 saturated carbocycles. The van der Waals surface area contributed by atoms with Gasteiger partial charge in [-0.2, -0.15) is 13.7 Å². The molecule has 8 nitrogen and oxygen atoms in total. The molecule has 3 heterocycles. The first-order chi connectivity index (χ1) is 13.4. The Kier molecular flexibility index (Phi) is 3.02. The zero-order valence-corrected chi connectivity index (χ0v) is 14.9. The van der Waals surface area contributed by atoms with Crippen LogP contribution in [0.5, 0.6) is 5.75 Å². The molecule has 3 aliphatic rings. The minimum absolute atomic E-state index is 0.0521. The van der Waals surface area contributed by atoms with Gasteiger partial charge in [-0.15, -0.1) is 0 Å². The largest absolute Gasteiger partial charge is 0.438 e. The highest BCUT2D eigenvalue weighted by Gasteiger charge is 2.63. The molecule has 5 rings (SSSR count). The number of hydrogen-bond donors (Lipinski definition) is 2. The maximum atomic E-state index is 13.2. The Morgan fingerprint density at radius 1 is 1.11 bits per heavy atom. The normalized spacial score (nSPS) is 23.8. The number of amides is 1. The molecule has 0 aliphatic carbocycles. The molecule has 2 aromatic rings. The van der Waals surface area contributed by atoms with E-state index in [1.807, 2.05) is 6.07 Å². The zero-order chi connectivity index (χ0) is 19.7. The van der Waals surface area contributed by atoms with Gasteiger partial charge in [0.1, 0.15) is 11.6 Å². The number of ether oxygens (including phenoxy) is 1. The third-order valence-electron chi connectivity index (χ3n) is 4.99. The van der Waals surface area contributed by atoms with Crippen molar-refractivity contribution in [3.63, 3.8) is 0 Å². The third-order valence-corrected chi connectivity index (χ3v) is 6.38. The topological polar surface area (TPSA) is 132 Å². The van der Waals surface area contributed by atoms with Gasteiger partial charge in [0.05, 0.1) is 5.56 Å². The first-order valence-electron chi connectivity index (χ1n) is 8.19. The molecule has 28 heavy (non-hydrogen) atoms. The van der Waals surface area contributed by atoms with Crippen molar-refractivity contribution in [2.24, 2.45) is 5.73 Å². The predicted molar refractivity (Wildman–Crippen MR) is 97.6 cm³/mol. The maximum absolute atomic E-state index is 13.2. The van der Waals surface area contributed by atoms with E-state index in [1.165, 1.54) is 6.07 Å². The van der Waals surface area contributed by atoms with Crippen LogP contribution in [0.2, 0.25) is 0 Å². The fourth-order valence-electron chi connectivity index (χ4n) is 3.91. The summed E-state index contributed by atoms with van der Waals surface area (Å²) in [4.78, 5) is 12.8. The van der Waals surface area contributed by atoms with Gasteiger partial charge >= 0.3 is 10.1 Å². The lowest BCUT2D eigenvalue weighted by Gasteiger charge is -2.37. The number of rotatable bonds is 0. The van der Waals surface area contributed by atoms with E-state index in [0.717, 1.165) is 0 Å². The molecule has 1 unspecified atom stereocenters. The second-order valence-corrected chi connectivity index (χ2v) is 7.88. The highest BCUT2D eigenvalue weighted by molar-refractivity contribution is 7.91. The van der Waals surface area contributed by atoms with Crippen LogP contribution in [0, 0.1) is 11.3 Å². The lowest BCUT2D eigenvalue weighted by Crippen LogP contribution is -2.47. The Bertz CT molecular complexity index is 1300. The van der Waals surface area contributed by atoms with Crippen molar-refractivity contribution in [3.8, 4) is 11.8 Å². The van der Waals surface area contributed by atoms with Crippen molar-refractivity contribution in [1.82, 2.24) is 0 Å². The number of anilines is 1. The summed E-state index contributed by atoms with van der Waals surface area (Å²) in [6.07, 6.45) is 0. The lowest BCUT2D eigenvalue weighted by molar-refractivity contribution is -0.118. The van der Waals surface area contributed by atoms with Crippen LogP contribution < -0.4 is 15.2 Å². The average molecular weight is 393 g/mol. The summed E-state index contributed by atoms with van der Waals surface area (Å²) in [6, 6.07) is 14.7. The van der Waals surface area contributed by atoms with Crippen molar-refractivity contribution in [2.75, 3.05) is 5.32 Å². The van der Waals surface area contributed by atoms with Crippen LogP contribution in [-0.2, 0) is 25.1 Å². The molecule has 9 heteroatoms. The van der Waals surface area contributed by atoms with E-state index >= 15 is 0 Å².